The Morgan fingerprint density at radius 1 is 1.45 bits per heavy atom. The lowest BCUT2D eigenvalue weighted by molar-refractivity contribution is 0.282. The van der Waals surface area contributed by atoms with Crippen LogP contribution in [0.15, 0.2) is 6.33 Å². The van der Waals surface area contributed by atoms with Gasteiger partial charge in [-0.3, -0.25) is 0 Å². The Bertz CT molecular complexity index is 434. The lowest BCUT2D eigenvalue weighted by Crippen LogP contribution is -2.42. The number of anilines is 2. The third-order valence-electron chi connectivity index (χ3n) is 3.92. The molecule has 1 aliphatic rings. The molecule has 0 amide bonds. The number of aliphatic hydroxyl groups is 1. The van der Waals surface area contributed by atoms with Gasteiger partial charge in [-0.15, -0.1) is 0 Å². The van der Waals surface area contributed by atoms with E-state index >= 15 is 0 Å². The van der Waals surface area contributed by atoms with E-state index in [1.54, 1.807) is 6.33 Å². The van der Waals surface area contributed by atoms with Gasteiger partial charge in [0.15, 0.2) is 0 Å². The van der Waals surface area contributed by atoms with Crippen LogP contribution in [0.25, 0.3) is 0 Å². The molecule has 0 radical (unpaired) electrons. The van der Waals surface area contributed by atoms with Crippen molar-refractivity contribution < 1.29 is 5.11 Å². The molecule has 1 aromatic rings. The number of nitrogens with zero attached hydrogens (tertiary/aromatic N) is 3. The van der Waals surface area contributed by atoms with Crippen LogP contribution in [0.3, 0.4) is 0 Å². The summed E-state index contributed by atoms with van der Waals surface area (Å²) in [6.07, 6.45) is 5.96. The molecule has 0 unspecified atom stereocenters. The Hall–Kier alpha value is -1.40. The molecule has 1 aliphatic carbocycles. The van der Waals surface area contributed by atoms with E-state index in [1.165, 1.54) is 19.3 Å². The Kier molecular flexibility index (Phi) is 5.14. The molecule has 0 aromatic carbocycles. The van der Waals surface area contributed by atoms with Crippen LogP contribution in [0.2, 0.25) is 0 Å². The fourth-order valence-electron chi connectivity index (χ4n) is 2.66. The van der Waals surface area contributed by atoms with Gasteiger partial charge < -0.3 is 15.4 Å². The lowest BCUT2D eigenvalue weighted by atomic mass is 9.90. The van der Waals surface area contributed by atoms with Crippen LogP contribution in [-0.2, 0) is 0 Å². The molecule has 6 nitrogen and oxygen atoms in total. The van der Waals surface area contributed by atoms with Gasteiger partial charge in [-0.25, -0.2) is 15.8 Å². The van der Waals surface area contributed by atoms with Crippen LogP contribution in [0.5, 0.6) is 0 Å². The summed E-state index contributed by atoms with van der Waals surface area (Å²) in [7, 11) is 0. The summed E-state index contributed by atoms with van der Waals surface area (Å²) >= 11 is 0. The number of nitrogen functional groups attached to an aromatic ring is 1. The molecule has 0 bridgehead atoms. The Morgan fingerprint density at radius 2 is 2.20 bits per heavy atom. The third kappa shape index (κ3) is 3.02. The first kappa shape index (κ1) is 15.0. The summed E-state index contributed by atoms with van der Waals surface area (Å²) in [5, 5.41) is 9.12. The van der Waals surface area contributed by atoms with Crippen LogP contribution in [0, 0.1) is 0 Å². The van der Waals surface area contributed by atoms with Crippen molar-refractivity contribution in [3.63, 3.8) is 0 Å². The van der Waals surface area contributed by atoms with Crippen LogP contribution >= 0.6 is 0 Å². The SMILES string of the molecule is CC(C)c1c(NN)ncnc1N(CCCO)C1CCC1. The highest BCUT2D eigenvalue weighted by Crippen LogP contribution is 2.35. The summed E-state index contributed by atoms with van der Waals surface area (Å²) in [5.74, 6) is 7.52. The summed E-state index contributed by atoms with van der Waals surface area (Å²) in [4.78, 5) is 11.0. The maximum atomic E-state index is 9.12. The van der Waals surface area contributed by atoms with E-state index in [0.29, 0.717) is 11.9 Å². The second kappa shape index (κ2) is 6.85. The van der Waals surface area contributed by atoms with E-state index < -0.39 is 0 Å². The fourth-order valence-corrected chi connectivity index (χ4v) is 2.66. The van der Waals surface area contributed by atoms with Crippen LogP contribution in [0.1, 0.15) is 51.0 Å². The van der Waals surface area contributed by atoms with Gasteiger partial charge in [-0.2, -0.15) is 0 Å². The number of nitrogens with one attached hydrogen (secondary N) is 1. The zero-order valence-corrected chi connectivity index (χ0v) is 12.3. The minimum atomic E-state index is 0.202. The number of hydrogen-bond acceptors (Lipinski definition) is 6. The van der Waals surface area contributed by atoms with Crippen molar-refractivity contribution in [3.05, 3.63) is 11.9 Å². The predicted octanol–water partition coefficient (Wildman–Crippen LogP) is 1.63. The first-order valence-corrected chi connectivity index (χ1v) is 7.38. The number of hydrogen-bond donors (Lipinski definition) is 3. The standard InChI is InChI=1S/C14H25N5O/c1-10(2)12-13(18-15)16-9-17-14(12)19(7-4-8-20)11-5-3-6-11/h9-11,20H,3-8,15H2,1-2H3,(H,16,17,18). The highest BCUT2D eigenvalue weighted by Gasteiger charge is 2.29. The van der Waals surface area contributed by atoms with Crippen molar-refractivity contribution >= 4 is 11.6 Å². The molecule has 1 fully saturated rings. The minimum absolute atomic E-state index is 0.202. The van der Waals surface area contributed by atoms with E-state index in [1.807, 2.05) is 0 Å². The van der Waals surface area contributed by atoms with Crippen molar-refractivity contribution in [3.8, 4) is 0 Å². The summed E-state index contributed by atoms with van der Waals surface area (Å²) < 4.78 is 0. The molecular formula is C14H25N5O. The van der Waals surface area contributed by atoms with Gasteiger partial charge in [-0.05, 0) is 31.6 Å². The maximum absolute atomic E-state index is 9.12. The normalized spacial score (nSPS) is 15.2. The number of aromatic nitrogens is 2. The van der Waals surface area contributed by atoms with Gasteiger partial charge in [-0.1, -0.05) is 13.8 Å². The van der Waals surface area contributed by atoms with E-state index in [4.69, 9.17) is 10.9 Å². The Morgan fingerprint density at radius 3 is 2.70 bits per heavy atom. The lowest BCUT2D eigenvalue weighted by Gasteiger charge is -2.39. The number of rotatable bonds is 7. The molecule has 112 valence electrons. The summed E-state index contributed by atoms with van der Waals surface area (Å²) in [6.45, 7) is 5.26. The molecule has 4 N–H and O–H groups in total. The average Bonchev–Trinajstić information content (AvgIpc) is 2.40. The predicted molar refractivity (Wildman–Crippen MR) is 80.6 cm³/mol. The topological polar surface area (TPSA) is 87.3 Å². The summed E-state index contributed by atoms with van der Waals surface area (Å²) in [5.41, 5.74) is 3.73. The second-order valence-corrected chi connectivity index (χ2v) is 5.61. The van der Waals surface area contributed by atoms with Crippen molar-refractivity contribution in [2.24, 2.45) is 5.84 Å². The van der Waals surface area contributed by atoms with Gasteiger partial charge in [0.2, 0.25) is 0 Å². The monoisotopic (exact) mass is 279 g/mol. The van der Waals surface area contributed by atoms with Crippen molar-refractivity contribution in [1.82, 2.24) is 9.97 Å². The molecule has 0 atom stereocenters. The Labute approximate surface area is 120 Å². The van der Waals surface area contributed by atoms with Gasteiger partial charge in [0.05, 0.1) is 0 Å². The smallest absolute Gasteiger partial charge is 0.148 e. The fraction of sp³-hybridized carbons (Fsp3) is 0.714. The van der Waals surface area contributed by atoms with Crippen molar-refractivity contribution in [2.75, 3.05) is 23.5 Å². The number of aliphatic hydroxyl groups excluding tert-OH is 1. The van der Waals surface area contributed by atoms with Crippen LogP contribution < -0.4 is 16.2 Å². The molecule has 20 heavy (non-hydrogen) atoms. The molecule has 0 saturated heterocycles. The quantitative estimate of drug-likeness (QED) is 0.519. The van der Waals surface area contributed by atoms with Gasteiger partial charge in [0, 0.05) is 24.8 Å². The van der Waals surface area contributed by atoms with Gasteiger partial charge >= 0.3 is 0 Å². The van der Waals surface area contributed by atoms with Crippen molar-refractivity contribution in [2.45, 2.75) is 51.5 Å². The zero-order chi connectivity index (χ0) is 14.5. The van der Waals surface area contributed by atoms with E-state index in [-0.39, 0.29) is 12.5 Å². The van der Waals surface area contributed by atoms with Gasteiger partial charge in [0.25, 0.3) is 0 Å². The molecule has 1 aromatic heterocycles. The second-order valence-electron chi connectivity index (χ2n) is 5.61. The first-order chi connectivity index (χ1) is 9.69. The van der Waals surface area contributed by atoms with E-state index in [2.05, 4.69) is 34.1 Å². The maximum Gasteiger partial charge on any atom is 0.148 e. The van der Waals surface area contributed by atoms with Crippen molar-refractivity contribution in [1.29, 1.82) is 0 Å². The molecular weight excluding hydrogens is 254 g/mol. The summed E-state index contributed by atoms with van der Waals surface area (Å²) in [6, 6.07) is 0.527. The molecule has 1 heterocycles. The zero-order valence-electron chi connectivity index (χ0n) is 12.3. The molecule has 0 spiro atoms. The molecule has 2 rings (SSSR count). The minimum Gasteiger partial charge on any atom is -0.396 e. The number of hydrazine groups is 1. The highest BCUT2D eigenvalue weighted by atomic mass is 16.3. The highest BCUT2D eigenvalue weighted by molar-refractivity contribution is 5.60. The molecule has 1 saturated carbocycles. The Balaban J connectivity index is 2.35. The average molecular weight is 279 g/mol. The number of nitrogens with two attached hydrogens (primary N) is 1. The van der Waals surface area contributed by atoms with E-state index in [9.17, 15) is 0 Å². The molecule has 6 heteroatoms. The molecule has 0 aliphatic heterocycles. The van der Waals surface area contributed by atoms with Crippen LogP contribution in [0.4, 0.5) is 11.6 Å². The first-order valence-electron chi connectivity index (χ1n) is 7.38. The van der Waals surface area contributed by atoms with Gasteiger partial charge in [0.1, 0.15) is 18.0 Å². The van der Waals surface area contributed by atoms with Crippen LogP contribution in [-0.4, -0.2) is 34.3 Å². The largest absolute Gasteiger partial charge is 0.396 e. The van der Waals surface area contributed by atoms with E-state index in [0.717, 1.165) is 24.3 Å². The third-order valence-corrected chi connectivity index (χ3v) is 3.92.